The van der Waals surface area contributed by atoms with Gasteiger partial charge in [-0.1, -0.05) is 6.08 Å². The number of aliphatic hydroxyl groups is 1. The Morgan fingerprint density at radius 2 is 2.31 bits per heavy atom. The summed E-state index contributed by atoms with van der Waals surface area (Å²) in [5.41, 5.74) is -0.401. The van der Waals surface area contributed by atoms with Crippen molar-refractivity contribution in [3.63, 3.8) is 0 Å². The lowest BCUT2D eigenvalue weighted by atomic mass is 9.67. The van der Waals surface area contributed by atoms with Gasteiger partial charge in [-0.25, -0.2) is 0 Å². The fraction of sp³-hybridized carbons (Fsp3) is 0.857. The van der Waals surface area contributed by atoms with Crippen LogP contribution in [0.5, 0.6) is 0 Å². The normalized spacial score (nSPS) is 31.8. The van der Waals surface area contributed by atoms with Crippen molar-refractivity contribution in [1.29, 1.82) is 0 Å². The lowest BCUT2D eigenvalue weighted by molar-refractivity contribution is -0.173. The molecule has 0 aromatic carbocycles. The lowest BCUT2D eigenvalue weighted by Gasteiger charge is -2.50. The summed E-state index contributed by atoms with van der Waals surface area (Å²) in [5.74, 6) is 0.404. The Bertz CT molecular complexity index is 253. The van der Waals surface area contributed by atoms with Crippen LogP contribution in [-0.4, -0.2) is 22.9 Å². The molecular weight excluding hydrogens is 200 g/mol. The maximum absolute atomic E-state index is 10.5. The van der Waals surface area contributed by atoms with Gasteiger partial charge in [0, 0.05) is 6.61 Å². The molecule has 0 radical (unpaired) electrons. The first kappa shape index (κ1) is 12.1. The summed E-state index contributed by atoms with van der Waals surface area (Å²) in [4.78, 5) is 0. The minimum absolute atomic E-state index is 0.140. The van der Waals surface area contributed by atoms with Crippen molar-refractivity contribution in [1.82, 2.24) is 0 Å². The van der Waals surface area contributed by atoms with E-state index in [1.807, 2.05) is 13.0 Å². The predicted octanol–water partition coefficient (Wildman–Crippen LogP) is 3.05. The van der Waals surface area contributed by atoms with Crippen LogP contribution in [0.4, 0.5) is 0 Å². The lowest BCUT2D eigenvalue weighted by Crippen LogP contribution is -2.50. The second-order valence-corrected chi connectivity index (χ2v) is 5.76. The highest BCUT2D eigenvalue weighted by Gasteiger charge is 2.46. The van der Waals surface area contributed by atoms with Crippen LogP contribution < -0.4 is 0 Å². The highest BCUT2D eigenvalue weighted by Crippen LogP contribution is 2.47. The third-order valence-corrected chi connectivity index (χ3v) is 4.49. The summed E-state index contributed by atoms with van der Waals surface area (Å²) in [6.45, 7) is 6.54. The van der Waals surface area contributed by atoms with E-state index in [1.54, 1.807) is 0 Å². The van der Waals surface area contributed by atoms with Crippen LogP contribution in [0.25, 0.3) is 0 Å². The molecule has 2 nitrogen and oxygen atoms in total. The maximum Gasteiger partial charge on any atom is 0.0686 e. The van der Waals surface area contributed by atoms with Crippen molar-refractivity contribution >= 4 is 0 Å². The Morgan fingerprint density at radius 1 is 1.56 bits per heavy atom. The molecule has 2 fully saturated rings. The Morgan fingerprint density at radius 3 is 2.88 bits per heavy atom. The van der Waals surface area contributed by atoms with E-state index < -0.39 is 5.60 Å². The number of hydrogen-bond acceptors (Lipinski definition) is 2. The van der Waals surface area contributed by atoms with Gasteiger partial charge in [-0.2, -0.15) is 0 Å². The van der Waals surface area contributed by atoms with E-state index in [4.69, 9.17) is 4.74 Å². The number of hydrogen-bond donors (Lipinski definition) is 1. The average Bonchev–Trinajstić information content (AvgIpc) is 2.24. The molecule has 1 N–H and O–H groups in total. The third kappa shape index (κ3) is 2.33. The molecule has 1 heterocycles. The van der Waals surface area contributed by atoms with Gasteiger partial charge in [-0.05, 0) is 57.8 Å². The van der Waals surface area contributed by atoms with E-state index in [2.05, 4.69) is 6.58 Å². The van der Waals surface area contributed by atoms with Gasteiger partial charge in [0.1, 0.15) is 0 Å². The van der Waals surface area contributed by atoms with Gasteiger partial charge in [-0.15, -0.1) is 6.58 Å². The quantitative estimate of drug-likeness (QED) is 0.744. The van der Waals surface area contributed by atoms with Crippen LogP contribution >= 0.6 is 0 Å². The molecule has 2 unspecified atom stereocenters. The molecule has 1 aliphatic carbocycles. The van der Waals surface area contributed by atoms with Gasteiger partial charge in [0.2, 0.25) is 0 Å². The second kappa shape index (κ2) is 4.50. The molecule has 16 heavy (non-hydrogen) atoms. The van der Waals surface area contributed by atoms with Crippen LogP contribution in [0, 0.1) is 5.92 Å². The zero-order valence-electron chi connectivity index (χ0n) is 10.4. The number of rotatable bonds is 4. The molecule has 1 saturated heterocycles. The first-order valence-electron chi connectivity index (χ1n) is 6.55. The van der Waals surface area contributed by atoms with Crippen molar-refractivity contribution in [2.24, 2.45) is 5.92 Å². The summed E-state index contributed by atoms with van der Waals surface area (Å²) in [5, 5.41) is 10.5. The molecule has 2 rings (SSSR count). The highest BCUT2D eigenvalue weighted by atomic mass is 16.5. The molecule has 0 bridgehead atoms. The molecule has 0 aromatic heterocycles. The fourth-order valence-electron chi connectivity index (χ4n) is 3.08. The van der Waals surface area contributed by atoms with E-state index >= 15 is 0 Å². The SMILES string of the molecule is C=CCCC(C)(O)C1CCOC2(CCC2)C1. The van der Waals surface area contributed by atoms with Gasteiger partial charge in [0.15, 0.2) is 0 Å². The van der Waals surface area contributed by atoms with E-state index in [0.717, 1.165) is 32.3 Å². The average molecular weight is 224 g/mol. The van der Waals surface area contributed by atoms with Crippen LogP contribution in [0.1, 0.15) is 51.9 Å². The maximum atomic E-state index is 10.5. The summed E-state index contributed by atoms with van der Waals surface area (Å²) < 4.78 is 5.90. The monoisotopic (exact) mass is 224 g/mol. The molecule has 1 saturated carbocycles. The van der Waals surface area contributed by atoms with Gasteiger partial charge < -0.3 is 9.84 Å². The smallest absolute Gasteiger partial charge is 0.0686 e. The van der Waals surface area contributed by atoms with Crippen molar-refractivity contribution in [2.45, 2.75) is 63.1 Å². The molecule has 2 aliphatic rings. The zero-order valence-corrected chi connectivity index (χ0v) is 10.4. The fourth-order valence-corrected chi connectivity index (χ4v) is 3.08. The Kier molecular flexibility index (Phi) is 3.41. The topological polar surface area (TPSA) is 29.5 Å². The standard InChI is InChI=1S/C14H24O2/c1-3-4-7-13(2,15)12-6-10-16-14(11-12)8-5-9-14/h3,12,15H,1,4-11H2,2H3. The van der Waals surface area contributed by atoms with Gasteiger partial charge in [0.25, 0.3) is 0 Å². The first-order valence-corrected chi connectivity index (χ1v) is 6.55. The largest absolute Gasteiger partial charge is 0.390 e. The van der Waals surface area contributed by atoms with E-state index in [9.17, 15) is 5.11 Å². The summed E-state index contributed by atoms with van der Waals surface area (Å²) in [6.07, 6.45) is 9.37. The Hall–Kier alpha value is -0.340. The van der Waals surface area contributed by atoms with Crippen molar-refractivity contribution in [3.8, 4) is 0 Å². The van der Waals surface area contributed by atoms with Gasteiger partial charge >= 0.3 is 0 Å². The van der Waals surface area contributed by atoms with Crippen LogP contribution in [0.2, 0.25) is 0 Å². The van der Waals surface area contributed by atoms with E-state index in [1.165, 1.54) is 19.3 Å². The van der Waals surface area contributed by atoms with Gasteiger partial charge in [0.05, 0.1) is 11.2 Å². The third-order valence-electron chi connectivity index (χ3n) is 4.49. The van der Waals surface area contributed by atoms with Crippen LogP contribution in [-0.2, 0) is 4.74 Å². The summed E-state index contributed by atoms with van der Waals surface area (Å²) >= 11 is 0. The summed E-state index contributed by atoms with van der Waals surface area (Å²) in [7, 11) is 0. The van der Waals surface area contributed by atoms with Crippen molar-refractivity contribution < 1.29 is 9.84 Å². The minimum atomic E-state index is -0.541. The molecule has 0 amide bonds. The molecule has 2 atom stereocenters. The highest BCUT2D eigenvalue weighted by molar-refractivity contribution is 4.98. The summed E-state index contributed by atoms with van der Waals surface area (Å²) in [6, 6.07) is 0. The first-order chi connectivity index (χ1) is 7.58. The van der Waals surface area contributed by atoms with Crippen molar-refractivity contribution in [3.05, 3.63) is 12.7 Å². The van der Waals surface area contributed by atoms with E-state index in [-0.39, 0.29) is 5.60 Å². The minimum Gasteiger partial charge on any atom is -0.390 e. The predicted molar refractivity (Wildman–Crippen MR) is 65.3 cm³/mol. The second-order valence-electron chi connectivity index (χ2n) is 5.76. The van der Waals surface area contributed by atoms with Gasteiger partial charge in [-0.3, -0.25) is 0 Å². The number of allylic oxidation sites excluding steroid dienone is 1. The molecule has 92 valence electrons. The Labute approximate surface area is 98.7 Å². The molecular formula is C14H24O2. The molecule has 1 aliphatic heterocycles. The molecule has 2 heteroatoms. The van der Waals surface area contributed by atoms with E-state index in [0.29, 0.717) is 5.92 Å². The molecule has 0 aromatic rings. The Balaban J connectivity index is 1.94. The van der Waals surface area contributed by atoms with Crippen LogP contribution in [0.3, 0.4) is 0 Å². The van der Waals surface area contributed by atoms with Crippen LogP contribution in [0.15, 0.2) is 12.7 Å². The van der Waals surface area contributed by atoms with Crippen molar-refractivity contribution in [2.75, 3.05) is 6.61 Å². The number of ether oxygens (including phenoxy) is 1. The molecule has 1 spiro atoms. The zero-order chi connectivity index (χ0) is 11.6.